The number of halogens is 1. The normalized spacial score (nSPS) is 11.9. The molecule has 0 saturated heterocycles. The van der Waals surface area contributed by atoms with Gasteiger partial charge in [-0.05, 0) is 42.7 Å². The Labute approximate surface area is 173 Å². The van der Waals surface area contributed by atoms with Crippen molar-refractivity contribution < 1.29 is 14.0 Å². The first-order chi connectivity index (χ1) is 14.3. The summed E-state index contributed by atoms with van der Waals surface area (Å²) in [5.41, 5.74) is 2.61. The van der Waals surface area contributed by atoms with Gasteiger partial charge in [-0.2, -0.15) is 0 Å². The number of rotatable bonds is 6. The molecule has 8 nitrogen and oxygen atoms in total. The van der Waals surface area contributed by atoms with Crippen LogP contribution in [0.15, 0.2) is 30.5 Å². The molecule has 0 radical (unpaired) electrons. The first-order valence-electron chi connectivity index (χ1n) is 9.69. The number of hydrogen-bond donors (Lipinski definition) is 3. The van der Waals surface area contributed by atoms with Gasteiger partial charge in [0.05, 0.1) is 11.0 Å². The van der Waals surface area contributed by atoms with Crippen molar-refractivity contribution in [2.45, 2.75) is 26.2 Å². The van der Waals surface area contributed by atoms with E-state index in [9.17, 15) is 14.0 Å². The molecule has 3 rings (SSSR count). The second-order valence-corrected chi connectivity index (χ2v) is 7.26. The smallest absolute Gasteiger partial charge is 0.321 e. The molecule has 1 atom stereocenters. The van der Waals surface area contributed by atoms with E-state index >= 15 is 0 Å². The summed E-state index contributed by atoms with van der Waals surface area (Å²) < 4.78 is 14.5. The summed E-state index contributed by atoms with van der Waals surface area (Å²) in [4.78, 5) is 37.2. The van der Waals surface area contributed by atoms with Crippen molar-refractivity contribution in [3.8, 4) is 11.3 Å². The number of imidazole rings is 1. The number of carbonyl (C=O) groups excluding carboxylic acids is 2. The molecule has 0 aliphatic carbocycles. The van der Waals surface area contributed by atoms with Crippen LogP contribution >= 0.6 is 0 Å². The number of aromatic nitrogens is 3. The third kappa shape index (κ3) is 4.56. The van der Waals surface area contributed by atoms with Gasteiger partial charge in [-0.25, -0.2) is 14.2 Å². The fourth-order valence-corrected chi connectivity index (χ4v) is 3.12. The Balaban J connectivity index is 2.09. The zero-order valence-electron chi connectivity index (χ0n) is 17.4. The van der Waals surface area contributed by atoms with Gasteiger partial charge in [-0.3, -0.25) is 15.1 Å². The number of fused-ring (bicyclic) bond motifs is 1. The molecule has 158 valence electrons. The molecule has 0 spiro atoms. The van der Waals surface area contributed by atoms with Crippen LogP contribution in [0.2, 0.25) is 0 Å². The van der Waals surface area contributed by atoms with Crippen molar-refractivity contribution in [3.05, 3.63) is 41.8 Å². The maximum absolute atomic E-state index is 14.5. The standard InChI is InChI=1S/C21H25FN6O2/c1-5-23-21(30)27-20-25-16-11-13(12(2)9-17(29)28(3)4)10-14(19(16)26-20)18-15(22)7-6-8-24-18/h6-8,10-12H,5,9H2,1-4H3,(H3,23,25,26,27,30). The molecule has 3 amide bonds. The summed E-state index contributed by atoms with van der Waals surface area (Å²) in [6.45, 7) is 4.21. The number of amides is 3. The molecule has 2 heterocycles. The van der Waals surface area contributed by atoms with Gasteiger partial charge in [0.2, 0.25) is 11.9 Å². The summed E-state index contributed by atoms with van der Waals surface area (Å²) in [7, 11) is 3.42. The van der Waals surface area contributed by atoms with Crippen molar-refractivity contribution in [1.82, 2.24) is 25.2 Å². The SMILES string of the molecule is CCNC(=O)Nc1nc2cc(C(C)CC(=O)N(C)C)cc(-c3ncccc3F)c2[nH]1. The van der Waals surface area contributed by atoms with E-state index < -0.39 is 11.8 Å². The van der Waals surface area contributed by atoms with Gasteiger partial charge in [-0.15, -0.1) is 0 Å². The van der Waals surface area contributed by atoms with Crippen LogP contribution in [0.5, 0.6) is 0 Å². The maximum atomic E-state index is 14.5. The lowest BCUT2D eigenvalue weighted by Crippen LogP contribution is -2.28. The minimum absolute atomic E-state index is 0.00576. The Kier molecular flexibility index (Phi) is 6.29. The number of carbonyl (C=O) groups is 2. The molecule has 9 heteroatoms. The molecule has 0 fully saturated rings. The summed E-state index contributed by atoms with van der Waals surface area (Å²) in [6.07, 6.45) is 1.82. The van der Waals surface area contributed by atoms with Crippen LogP contribution in [-0.4, -0.2) is 52.4 Å². The van der Waals surface area contributed by atoms with Crippen LogP contribution in [-0.2, 0) is 4.79 Å². The number of anilines is 1. The topological polar surface area (TPSA) is 103 Å². The van der Waals surface area contributed by atoms with E-state index in [1.807, 2.05) is 26.0 Å². The lowest BCUT2D eigenvalue weighted by Gasteiger charge is -2.16. The average molecular weight is 412 g/mol. The van der Waals surface area contributed by atoms with Gasteiger partial charge in [-0.1, -0.05) is 6.92 Å². The van der Waals surface area contributed by atoms with Crippen LogP contribution in [0.25, 0.3) is 22.3 Å². The van der Waals surface area contributed by atoms with Crippen molar-refractivity contribution in [3.63, 3.8) is 0 Å². The number of benzene rings is 1. The quantitative estimate of drug-likeness (QED) is 0.577. The summed E-state index contributed by atoms with van der Waals surface area (Å²) in [5.74, 6) is -0.358. The lowest BCUT2D eigenvalue weighted by molar-refractivity contribution is -0.129. The van der Waals surface area contributed by atoms with Gasteiger partial charge in [0.1, 0.15) is 11.5 Å². The van der Waals surface area contributed by atoms with E-state index in [1.165, 1.54) is 23.2 Å². The lowest BCUT2D eigenvalue weighted by atomic mass is 9.93. The van der Waals surface area contributed by atoms with E-state index in [2.05, 4.69) is 25.6 Å². The second kappa shape index (κ2) is 8.89. The van der Waals surface area contributed by atoms with Gasteiger partial charge in [0, 0.05) is 38.8 Å². The number of hydrogen-bond acceptors (Lipinski definition) is 4. The fraction of sp³-hybridized carbons (Fsp3) is 0.333. The van der Waals surface area contributed by atoms with Gasteiger partial charge < -0.3 is 15.2 Å². The monoisotopic (exact) mass is 412 g/mol. The van der Waals surface area contributed by atoms with Crippen LogP contribution in [0, 0.1) is 5.82 Å². The number of pyridine rings is 1. The molecule has 1 aromatic carbocycles. The zero-order valence-corrected chi connectivity index (χ0v) is 17.4. The van der Waals surface area contributed by atoms with E-state index in [0.29, 0.717) is 29.6 Å². The van der Waals surface area contributed by atoms with Crippen molar-refractivity contribution in [2.24, 2.45) is 0 Å². The predicted octanol–water partition coefficient (Wildman–Crippen LogP) is 3.49. The van der Waals surface area contributed by atoms with Gasteiger partial charge in [0.15, 0.2) is 0 Å². The average Bonchev–Trinajstić information content (AvgIpc) is 3.09. The van der Waals surface area contributed by atoms with Crippen LogP contribution in [0.4, 0.5) is 15.1 Å². The summed E-state index contributed by atoms with van der Waals surface area (Å²) in [5, 5.41) is 5.26. The predicted molar refractivity (Wildman–Crippen MR) is 114 cm³/mol. The zero-order chi connectivity index (χ0) is 21.8. The Hall–Kier alpha value is -3.49. The first-order valence-corrected chi connectivity index (χ1v) is 9.69. The van der Waals surface area contributed by atoms with E-state index in [1.54, 1.807) is 14.1 Å². The molecule has 3 N–H and O–H groups in total. The largest absolute Gasteiger partial charge is 0.349 e. The van der Waals surface area contributed by atoms with E-state index in [0.717, 1.165) is 5.56 Å². The molecular formula is C21H25FN6O2. The maximum Gasteiger partial charge on any atom is 0.321 e. The molecule has 1 unspecified atom stereocenters. The molecule has 2 aromatic heterocycles. The number of urea groups is 1. The fourth-order valence-electron chi connectivity index (χ4n) is 3.12. The minimum atomic E-state index is -0.471. The highest BCUT2D eigenvalue weighted by molar-refractivity contribution is 5.95. The Bertz CT molecular complexity index is 1080. The minimum Gasteiger partial charge on any atom is -0.349 e. The van der Waals surface area contributed by atoms with E-state index in [-0.39, 0.29) is 23.5 Å². The number of H-pyrrole nitrogens is 1. The number of nitrogens with one attached hydrogen (secondary N) is 3. The third-order valence-electron chi connectivity index (χ3n) is 4.75. The Morgan fingerprint density at radius 2 is 2.07 bits per heavy atom. The third-order valence-corrected chi connectivity index (χ3v) is 4.75. The molecule has 30 heavy (non-hydrogen) atoms. The molecular weight excluding hydrogens is 387 g/mol. The second-order valence-electron chi connectivity index (χ2n) is 7.26. The van der Waals surface area contributed by atoms with E-state index in [4.69, 9.17) is 0 Å². The van der Waals surface area contributed by atoms with Gasteiger partial charge in [0.25, 0.3) is 0 Å². The summed E-state index contributed by atoms with van der Waals surface area (Å²) in [6, 6.07) is 6.12. The van der Waals surface area contributed by atoms with Crippen molar-refractivity contribution in [2.75, 3.05) is 26.0 Å². The Morgan fingerprint density at radius 3 is 2.73 bits per heavy atom. The first kappa shape index (κ1) is 21.2. The Morgan fingerprint density at radius 1 is 1.30 bits per heavy atom. The van der Waals surface area contributed by atoms with Crippen LogP contribution in [0.1, 0.15) is 31.7 Å². The number of nitrogens with zero attached hydrogens (tertiary/aromatic N) is 3. The van der Waals surface area contributed by atoms with Crippen molar-refractivity contribution >= 4 is 28.9 Å². The van der Waals surface area contributed by atoms with Crippen LogP contribution in [0.3, 0.4) is 0 Å². The molecule has 3 aromatic rings. The molecule has 0 aliphatic heterocycles. The molecule has 0 saturated carbocycles. The summed E-state index contributed by atoms with van der Waals surface area (Å²) >= 11 is 0. The highest BCUT2D eigenvalue weighted by Crippen LogP contribution is 2.33. The highest BCUT2D eigenvalue weighted by atomic mass is 19.1. The van der Waals surface area contributed by atoms with Gasteiger partial charge >= 0.3 is 6.03 Å². The van der Waals surface area contributed by atoms with Crippen LogP contribution < -0.4 is 10.6 Å². The highest BCUT2D eigenvalue weighted by Gasteiger charge is 2.20. The number of aromatic amines is 1. The molecule has 0 bridgehead atoms. The molecule has 0 aliphatic rings. The van der Waals surface area contributed by atoms with Crippen molar-refractivity contribution in [1.29, 1.82) is 0 Å².